The maximum Gasteiger partial charge on any atom is 0.224 e. The van der Waals surface area contributed by atoms with Gasteiger partial charge in [0.2, 0.25) is 5.91 Å². The molecule has 5 nitrogen and oxygen atoms in total. The van der Waals surface area contributed by atoms with Gasteiger partial charge in [-0.3, -0.25) is 4.79 Å². The van der Waals surface area contributed by atoms with Crippen LogP contribution in [0.5, 0.6) is 5.75 Å². The first-order valence-corrected chi connectivity index (χ1v) is 10.1. The van der Waals surface area contributed by atoms with Crippen molar-refractivity contribution in [3.8, 4) is 5.75 Å². The van der Waals surface area contributed by atoms with Gasteiger partial charge < -0.3 is 14.6 Å². The van der Waals surface area contributed by atoms with E-state index in [0.717, 1.165) is 47.6 Å². The van der Waals surface area contributed by atoms with Crippen LogP contribution < -0.4 is 10.1 Å². The van der Waals surface area contributed by atoms with E-state index in [9.17, 15) is 4.79 Å². The maximum absolute atomic E-state index is 12.6. The minimum atomic E-state index is 0.0519. The lowest BCUT2D eigenvalue weighted by Gasteiger charge is -2.26. The number of benzene rings is 2. The lowest BCUT2D eigenvalue weighted by molar-refractivity contribution is -0.121. The first-order chi connectivity index (χ1) is 14.1. The number of hydrogen-bond donors (Lipinski definition) is 1. The number of nitrogens with zero attached hydrogens (tertiary/aromatic N) is 1. The molecule has 1 aliphatic rings. The van der Waals surface area contributed by atoms with Crippen LogP contribution in [0.3, 0.4) is 0 Å². The van der Waals surface area contributed by atoms with Crippen LogP contribution >= 0.6 is 0 Å². The summed E-state index contributed by atoms with van der Waals surface area (Å²) in [7, 11) is 0. The summed E-state index contributed by atoms with van der Waals surface area (Å²) >= 11 is 0. The van der Waals surface area contributed by atoms with Crippen molar-refractivity contribution < 1.29 is 14.1 Å². The second-order valence-corrected chi connectivity index (χ2v) is 7.62. The third-order valence-electron chi connectivity index (χ3n) is 5.56. The lowest BCUT2D eigenvalue weighted by atomic mass is 9.87. The fourth-order valence-corrected chi connectivity index (χ4v) is 3.90. The Hall–Kier alpha value is -3.08. The number of aryl methyl sites for hydroxylation is 3. The van der Waals surface area contributed by atoms with Crippen molar-refractivity contribution in [1.82, 2.24) is 10.5 Å². The molecule has 150 valence electrons. The van der Waals surface area contributed by atoms with Crippen molar-refractivity contribution in [3.05, 3.63) is 82.2 Å². The fourth-order valence-electron chi connectivity index (χ4n) is 3.90. The van der Waals surface area contributed by atoms with Crippen LogP contribution in [0, 0.1) is 13.8 Å². The van der Waals surface area contributed by atoms with E-state index in [0.29, 0.717) is 13.0 Å². The quantitative estimate of drug-likeness (QED) is 0.668. The van der Waals surface area contributed by atoms with Crippen molar-refractivity contribution >= 4 is 5.91 Å². The van der Waals surface area contributed by atoms with Crippen molar-refractivity contribution in [1.29, 1.82) is 0 Å². The third-order valence-corrected chi connectivity index (χ3v) is 5.56. The molecule has 1 aromatic heterocycles. The van der Waals surface area contributed by atoms with Gasteiger partial charge in [0.1, 0.15) is 18.1 Å². The molecule has 0 bridgehead atoms. The molecule has 0 aliphatic heterocycles. The number of rotatable bonds is 6. The van der Waals surface area contributed by atoms with Gasteiger partial charge in [0.25, 0.3) is 0 Å². The van der Waals surface area contributed by atoms with E-state index in [1.54, 1.807) is 0 Å². The highest BCUT2D eigenvalue weighted by Gasteiger charge is 2.21. The molecule has 0 spiro atoms. The van der Waals surface area contributed by atoms with Gasteiger partial charge in [0.05, 0.1) is 23.7 Å². The summed E-state index contributed by atoms with van der Waals surface area (Å²) in [4.78, 5) is 12.6. The fraction of sp³-hybridized carbons (Fsp3) is 0.333. The van der Waals surface area contributed by atoms with E-state index in [2.05, 4.69) is 28.7 Å². The summed E-state index contributed by atoms with van der Waals surface area (Å²) in [6.07, 6.45) is 3.57. The highest BCUT2D eigenvalue weighted by atomic mass is 16.5. The Morgan fingerprint density at radius 2 is 1.97 bits per heavy atom. The topological polar surface area (TPSA) is 64.4 Å². The van der Waals surface area contributed by atoms with Crippen LogP contribution in [0.25, 0.3) is 0 Å². The molecular formula is C24H26N2O3. The van der Waals surface area contributed by atoms with E-state index < -0.39 is 0 Å². The zero-order chi connectivity index (χ0) is 20.2. The SMILES string of the molecule is Cc1noc(C)c1COc1ccc(CC(=O)N[C@H]2CCCc3ccccc32)cc1. The molecule has 0 unspecified atom stereocenters. The minimum Gasteiger partial charge on any atom is -0.489 e. The first kappa shape index (κ1) is 19.2. The van der Waals surface area contributed by atoms with Gasteiger partial charge in [-0.05, 0) is 61.9 Å². The van der Waals surface area contributed by atoms with Crippen LogP contribution in [0.2, 0.25) is 0 Å². The Balaban J connectivity index is 1.33. The molecule has 0 fully saturated rings. The zero-order valence-corrected chi connectivity index (χ0v) is 16.9. The van der Waals surface area contributed by atoms with Gasteiger partial charge in [0.15, 0.2) is 0 Å². The third kappa shape index (κ3) is 4.50. The van der Waals surface area contributed by atoms with Crippen LogP contribution in [0.15, 0.2) is 53.1 Å². The van der Waals surface area contributed by atoms with Gasteiger partial charge in [-0.2, -0.15) is 0 Å². The summed E-state index contributed by atoms with van der Waals surface area (Å²) in [5, 5.41) is 7.14. The summed E-state index contributed by atoms with van der Waals surface area (Å²) in [6, 6.07) is 16.2. The van der Waals surface area contributed by atoms with Gasteiger partial charge in [-0.1, -0.05) is 41.6 Å². The van der Waals surface area contributed by atoms with E-state index >= 15 is 0 Å². The van der Waals surface area contributed by atoms with Gasteiger partial charge in [-0.15, -0.1) is 0 Å². The number of hydrogen-bond acceptors (Lipinski definition) is 4. The number of amides is 1. The Morgan fingerprint density at radius 1 is 1.17 bits per heavy atom. The van der Waals surface area contributed by atoms with E-state index in [1.165, 1.54) is 11.1 Å². The van der Waals surface area contributed by atoms with Gasteiger partial charge in [-0.25, -0.2) is 0 Å². The van der Waals surface area contributed by atoms with Crippen molar-refractivity contribution in [2.75, 3.05) is 0 Å². The second-order valence-electron chi connectivity index (χ2n) is 7.62. The van der Waals surface area contributed by atoms with Crippen LogP contribution in [-0.4, -0.2) is 11.1 Å². The van der Waals surface area contributed by atoms with E-state index in [1.807, 2.05) is 44.2 Å². The molecule has 0 saturated carbocycles. The molecule has 3 aromatic rings. The zero-order valence-electron chi connectivity index (χ0n) is 16.9. The molecule has 0 radical (unpaired) electrons. The molecular weight excluding hydrogens is 364 g/mol. The molecule has 1 aliphatic carbocycles. The van der Waals surface area contributed by atoms with E-state index in [-0.39, 0.29) is 11.9 Å². The highest BCUT2D eigenvalue weighted by molar-refractivity contribution is 5.79. The second kappa shape index (κ2) is 8.52. The molecule has 29 heavy (non-hydrogen) atoms. The largest absolute Gasteiger partial charge is 0.489 e. The number of nitrogens with one attached hydrogen (secondary N) is 1. The molecule has 5 heteroatoms. The predicted molar refractivity (Wildman–Crippen MR) is 111 cm³/mol. The Bertz CT molecular complexity index is 972. The smallest absolute Gasteiger partial charge is 0.224 e. The van der Waals surface area contributed by atoms with Gasteiger partial charge >= 0.3 is 0 Å². The molecule has 1 amide bonds. The van der Waals surface area contributed by atoms with Crippen molar-refractivity contribution in [2.24, 2.45) is 0 Å². The summed E-state index contributed by atoms with van der Waals surface area (Å²) in [5.74, 6) is 1.59. The summed E-state index contributed by atoms with van der Waals surface area (Å²) in [6.45, 7) is 4.20. The lowest BCUT2D eigenvalue weighted by Crippen LogP contribution is -2.32. The van der Waals surface area contributed by atoms with Crippen LogP contribution in [-0.2, 0) is 24.2 Å². The molecule has 1 heterocycles. The summed E-state index contributed by atoms with van der Waals surface area (Å²) in [5.41, 5.74) is 5.40. The average molecular weight is 390 g/mol. The Morgan fingerprint density at radius 3 is 2.72 bits per heavy atom. The van der Waals surface area contributed by atoms with Crippen molar-refractivity contribution in [2.45, 2.75) is 52.2 Å². The standard InChI is InChI=1S/C24H26N2O3/c1-16-22(17(2)29-26-16)15-28-20-12-10-18(11-13-20)14-24(27)25-23-9-5-7-19-6-3-4-8-21(19)23/h3-4,6,8,10-13,23H,5,7,9,14-15H2,1-2H3,(H,25,27)/t23-/m0/s1. The number of ether oxygens (including phenoxy) is 1. The Labute approximate surface area is 171 Å². The maximum atomic E-state index is 12.6. The van der Waals surface area contributed by atoms with Crippen LogP contribution in [0.1, 0.15) is 52.6 Å². The molecule has 4 rings (SSSR count). The Kier molecular flexibility index (Phi) is 5.65. The number of carbonyl (C=O) groups is 1. The number of carbonyl (C=O) groups excluding carboxylic acids is 1. The molecule has 0 saturated heterocycles. The molecule has 1 atom stereocenters. The summed E-state index contributed by atoms with van der Waals surface area (Å²) < 4.78 is 11.0. The van der Waals surface area contributed by atoms with Crippen LogP contribution in [0.4, 0.5) is 0 Å². The van der Waals surface area contributed by atoms with E-state index in [4.69, 9.17) is 9.26 Å². The first-order valence-electron chi connectivity index (χ1n) is 10.1. The monoisotopic (exact) mass is 390 g/mol. The molecule has 1 N–H and O–H groups in total. The minimum absolute atomic E-state index is 0.0519. The average Bonchev–Trinajstić information content (AvgIpc) is 3.05. The molecule has 2 aromatic carbocycles. The predicted octanol–water partition coefficient (Wildman–Crippen LogP) is 4.61. The number of fused-ring (bicyclic) bond motifs is 1. The number of aromatic nitrogens is 1. The highest BCUT2D eigenvalue weighted by Crippen LogP contribution is 2.29. The van der Waals surface area contributed by atoms with Gasteiger partial charge in [0, 0.05) is 0 Å². The normalized spacial score (nSPS) is 15.6. The van der Waals surface area contributed by atoms with Crippen molar-refractivity contribution in [3.63, 3.8) is 0 Å².